The highest BCUT2D eigenvalue weighted by atomic mass is 16.6. The van der Waals surface area contributed by atoms with Gasteiger partial charge in [0, 0.05) is 5.41 Å². The third kappa shape index (κ3) is 0.909. The number of carbonyl (C=O) groups is 1. The van der Waals surface area contributed by atoms with Crippen LogP contribution in [0.4, 0.5) is 0 Å². The number of carbonyl (C=O) groups excluding carboxylic acids is 1. The second kappa shape index (κ2) is 2.27. The highest BCUT2D eigenvalue weighted by molar-refractivity contribution is 5.72. The molecule has 72 valence electrons. The number of hydrogen-bond donors (Lipinski definition) is 0. The summed E-state index contributed by atoms with van der Waals surface area (Å²) in [6, 6.07) is 0. The SMILES string of the molecule is C[C@H]1CC2OC1C[C@]21COC(=O)C1. The second-order valence-electron chi connectivity index (χ2n) is 4.78. The summed E-state index contributed by atoms with van der Waals surface area (Å²) in [5, 5.41) is 0. The maximum Gasteiger partial charge on any atom is 0.306 e. The maximum absolute atomic E-state index is 11.1. The minimum atomic E-state index is -0.0381. The van der Waals surface area contributed by atoms with Crippen molar-refractivity contribution < 1.29 is 14.3 Å². The molecule has 3 nitrogen and oxygen atoms in total. The first kappa shape index (κ1) is 7.80. The Kier molecular flexibility index (Phi) is 1.36. The van der Waals surface area contributed by atoms with Crippen molar-refractivity contribution in [3.63, 3.8) is 0 Å². The van der Waals surface area contributed by atoms with Gasteiger partial charge in [0.1, 0.15) is 6.61 Å². The van der Waals surface area contributed by atoms with Gasteiger partial charge in [-0.3, -0.25) is 4.79 Å². The van der Waals surface area contributed by atoms with E-state index in [1.165, 1.54) is 0 Å². The quantitative estimate of drug-likeness (QED) is 0.526. The van der Waals surface area contributed by atoms with E-state index in [0.717, 1.165) is 12.8 Å². The molecular weight excluding hydrogens is 168 g/mol. The lowest BCUT2D eigenvalue weighted by atomic mass is 9.70. The van der Waals surface area contributed by atoms with Crippen molar-refractivity contribution in [2.75, 3.05) is 6.61 Å². The zero-order chi connectivity index (χ0) is 9.05. The summed E-state index contributed by atoms with van der Waals surface area (Å²) in [4.78, 5) is 11.1. The summed E-state index contributed by atoms with van der Waals surface area (Å²) >= 11 is 0. The van der Waals surface area contributed by atoms with Crippen LogP contribution >= 0.6 is 0 Å². The standard InChI is InChI=1S/C10H14O3/c1-6-2-8-10(3-7(6)13-8)4-9(11)12-5-10/h6-8H,2-5H2,1H3/t6-,7?,8?,10-/m0/s1. The van der Waals surface area contributed by atoms with Crippen LogP contribution in [0.5, 0.6) is 0 Å². The first-order valence-electron chi connectivity index (χ1n) is 5.01. The van der Waals surface area contributed by atoms with E-state index in [-0.39, 0.29) is 11.4 Å². The van der Waals surface area contributed by atoms with Crippen LogP contribution in [0.1, 0.15) is 26.2 Å². The highest BCUT2D eigenvalue weighted by Gasteiger charge is 2.58. The van der Waals surface area contributed by atoms with Crippen molar-refractivity contribution in [1.82, 2.24) is 0 Å². The summed E-state index contributed by atoms with van der Waals surface area (Å²) in [7, 11) is 0. The third-order valence-corrected chi connectivity index (χ3v) is 3.87. The Hall–Kier alpha value is -0.570. The summed E-state index contributed by atoms with van der Waals surface area (Å²) in [6.45, 7) is 2.83. The molecule has 13 heavy (non-hydrogen) atoms. The van der Waals surface area contributed by atoms with E-state index in [9.17, 15) is 4.79 Å². The Bertz CT molecular complexity index is 261. The Morgan fingerprint density at radius 1 is 1.54 bits per heavy atom. The Balaban J connectivity index is 1.85. The first-order valence-corrected chi connectivity index (χ1v) is 5.01. The van der Waals surface area contributed by atoms with Crippen molar-refractivity contribution in [1.29, 1.82) is 0 Å². The van der Waals surface area contributed by atoms with Gasteiger partial charge in [-0.2, -0.15) is 0 Å². The summed E-state index contributed by atoms with van der Waals surface area (Å²) in [6.07, 6.45) is 3.41. The van der Waals surface area contributed by atoms with Gasteiger partial charge in [-0.1, -0.05) is 6.92 Å². The van der Waals surface area contributed by atoms with Gasteiger partial charge < -0.3 is 9.47 Å². The van der Waals surface area contributed by atoms with Crippen molar-refractivity contribution in [3.05, 3.63) is 0 Å². The molecule has 0 amide bonds. The minimum Gasteiger partial charge on any atom is -0.465 e. The van der Waals surface area contributed by atoms with Gasteiger partial charge in [0.25, 0.3) is 0 Å². The lowest BCUT2D eigenvalue weighted by Gasteiger charge is -2.29. The molecule has 0 radical (unpaired) electrons. The van der Waals surface area contributed by atoms with Gasteiger partial charge in [0.2, 0.25) is 0 Å². The van der Waals surface area contributed by atoms with Gasteiger partial charge in [-0.15, -0.1) is 0 Å². The van der Waals surface area contributed by atoms with E-state index in [1.807, 2.05) is 0 Å². The molecule has 2 bridgehead atoms. The largest absolute Gasteiger partial charge is 0.465 e. The molecule has 1 spiro atoms. The molecule has 2 unspecified atom stereocenters. The van der Waals surface area contributed by atoms with Gasteiger partial charge in [0.05, 0.1) is 18.6 Å². The number of fused-ring (bicyclic) bond motifs is 3. The lowest BCUT2D eigenvalue weighted by Crippen LogP contribution is -2.35. The lowest BCUT2D eigenvalue weighted by molar-refractivity contribution is -0.137. The molecule has 3 rings (SSSR count). The van der Waals surface area contributed by atoms with E-state index < -0.39 is 0 Å². The van der Waals surface area contributed by atoms with Crippen molar-refractivity contribution in [2.45, 2.75) is 38.4 Å². The van der Waals surface area contributed by atoms with Crippen molar-refractivity contribution in [3.8, 4) is 0 Å². The molecule has 0 aliphatic carbocycles. The Morgan fingerprint density at radius 2 is 2.38 bits per heavy atom. The van der Waals surface area contributed by atoms with Crippen molar-refractivity contribution >= 4 is 5.97 Å². The molecule has 3 saturated heterocycles. The van der Waals surface area contributed by atoms with Crippen LogP contribution in [-0.2, 0) is 14.3 Å². The van der Waals surface area contributed by atoms with E-state index in [0.29, 0.717) is 31.2 Å². The van der Waals surface area contributed by atoms with Crippen LogP contribution in [0.15, 0.2) is 0 Å². The second-order valence-corrected chi connectivity index (χ2v) is 4.78. The Morgan fingerprint density at radius 3 is 2.85 bits per heavy atom. The Labute approximate surface area is 77.4 Å². The van der Waals surface area contributed by atoms with E-state index in [2.05, 4.69) is 6.92 Å². The molecule has 0 aromatic rings. The van der Waals surface area contributed by atoms with E-state index in [4.69, 9.17) is 9.47 Å². The summed E-state index contributed by atoms with van der Waals surface area (Å²) in [5.41, 5.74) is 0.0637. The number of cyclic esters (lactones) is 1. The van der Waals surface area contributed by atoms with Crippen LogP contribution in [-0.4, -0.2) is 24.8 Å². The van der Waals surface area contributed by atoms with Crippen LogP contribution in [0.2, 0.25) is 0 Å². The fraction of sp³-hybridized carbons (Fsp3) is 0.900. The van der Waals surface area contributed by atoms with Gasteiger partial charge in [0.15, 0.2) is 0 Å². The van der Waals surface area contributed by atoms with Crippen LogP contribution in [0.3, 0.4) is 0 Å². The number of rotatable bonds is 0. The summed E-state index contributed by atoms with van der Waals surface area (Å²) < 4.78 is 10.9. The van der Waals surface area contributed by atoms with Gasteiger partial charge in [-0.25, -0.2) is 0 Å². The van der Waals surface area contributed by atoms with E-state index >= 15 is 0 Å². The van der Waals surface area contributed by atoms with Crippen LogP contribution in [0, 0.1) is 11.3 Å². The molecule has 0 aromatic carbocycles. The zero-order valence-corrected chi connectivity index (χ0v) is 7.79. The van der Waals surface area contributed by atoms with Crippen LogP contribution < -0.4 is 0 Å². The molecule has 4 atom stereocenters. The molecule has 0 N–H and O–H groups in total. The average Bonchev–Trinajstić information content (AvgIpc) is 2.68. The molecule has 3 aliphatic rings. The highest BCUT2D eigenvalue weighted by Crippen LogP contribution is 2.54. The van der Waals surface area contributed by atoms with Crippen LogP contribution in [0.25, 0.3) is 0 Å². The molecular formula is C10H14O3. The molecule has 3 heteroatoms. The molecule has 3 heterocycles. The molecule has 3 fully saturated rings. The minimum absolute atomic E-state index is 0.0381. The zero-order valence-electron chi connectivity index (χ0n) is 7.79. The third-order valence-electron chi connectivity index (χ3n) is 3.87. The average molecular weight is 182 g/mol. The topological polar surface area (TPSA) is 35.5 Å². The normalized spacial score (nSPS) is 53.3. The maximum atomic E-state index is 11.1. The van der Waals surface area contributed by atoms with Crippen molar-refractivity contribution in [2.24, 2.45) is 11.3 Å². The number of ether oxygens (including phenoxy) is 2. The molecule has 3 aliphatic heterocycles. The van der Waals surface area contributed by atoms with E-state index in [1.54, 1.807) is 0 Å². The molecule has 0 saturated carbocycles. The predicted octanol–water partition coefficient (Wildman–Crippen LogP) is 1.12. The fourth-order valence-corrected chi connectivity index (χ4v) is 3.02. The monoisotopic (exact) mass is 182 g/mol. The predicted molar refractivity (Wildman–Crippen MR) is 45.1 cm³/mol. The van der Waals surface area contributed by atoms with Gasteiger partial charge >= 0.3 is 5.97 Å². The first-order chi connectivity index (χ1) is 6.20. The van der Waals surface area contributed by atoms with Gasteiger partial charge in [-0.05, 0) is 18.8 Å². The number of hydrogen-bond acceptors (Lipinski definition) is 3. The molecule has 0 aromatic heterocycles. The number of esters is 1. The smallest absolute Gasteiger partial charge is 0.306 e. The fourth-order valence-electron chi connectivity index (χ4n) is 3.02. The summed E-state index contributed by atoms with van der Waals surface area (Å²) in [5.74, 6) is 0.634.